The van der Waals surface area contributed by atoms with Crippen LogP contribution in [0.4, 0.5) is 0 Å². The minimum absolute atomic E-state index is 0.0732. The highest BCUT2D eigenvalue weighted by Crippen LogP contribution is 2.28. The number of esters is 1. The van der Waals surface area contributed by atoms with Crippen LogP contribution in [0.15, 0.2) is 30.5 Å². The minimum atomic E-state index is -0.330. The van der Waals surface area contributed by atoms with Gasteiger partial charge in [0, 0.05) is 29.5 Å². The van der Waals surface area contributed by atoms with Crippen LogP contribution < -0.4 is 0 Å². The van der Waals surface area contributed by atoms with Gasteiger partial charge in [0.1, 0.15) is 11.4 Å². The maximum absolute atomic E-state index is 11.1. The number of fused-ring (bicyclic) bond motifs is 3. The van der Waals surface area contributed by atoms with Crippen molar-refractivity contribution >= 4 is 27.8 Å². The molecular weight excluding hydrogens is 340 g/mol. The maximum Gasteiger partial charge on any atom is 0.306 e. The smallest absolute Gasteiger partial charge is 0.306 e. The SMILES string of the molecule is CCCCCC(=O)OC(C)(C)C.Cc1nccc2c1[nH]c1cc(O)ccc12. The van der Waals surface area contributed by atoms with Gasteiger partial charge >= 0.3 is 5.97 Å². The Kier molecular flexibility index (Phi) is 6.83. The lowest BCUT2D eigenvalue weighted by Gasteiger charge is -2.19. The van der Waals surface area contributed by atoms with Gasteiger partial charge in [-0.05, 0) is 52.3 Å². The Bertz CT molecular complexity index is 907. The second-order valence-corrected chi connectivity index (χ2v) is 7.72. The van der Waals surface area contributed by atoms with Crippen molar-refractivity contribution in [1.29, 1.82) is 0 Å². The number of unbranched alkanes of at least 4 members (excludes halogenated alkanes) is 2. The van der Waals surface area contributed by atoms with Crippen molar-refractivity contribution in [3.63, 3.8) is 0 Å². The third-order valence-corrected chi connectivity index (χ3v) is 4.10. The second-order valence-electron chi connectivity index (χ2n) is 7.72. The Morgan fingerprint density at radius 3 is 2.59 bits per heavy atom. The summed E-state index contributed by atoms with van der Waals surface area (Å²) >= 11 is 0. The topological polar surface area (TPSA) is 75.2 Å². The molecule has 2 aromatic heterocycles. The lowest BCUT2D eigenvalue weighted by atomic mass is 10.1. The Balaban J connectivity index is 0.000000201. The van der Waals surface area contributed by atoms with Crippen LogP contribution in [0.25, 0.3) is 21.8 Å². The number of H-pyrrole nitrogens is 1. The van der Waals surface area contributed by atoms with Gasteiger partial charge in [-0.25, -0.2) is 0 Å². The molecule has 3 rings (SSSR count). The van der Waals surface area contributed by atoms with E-state index in [-0.39, 0.29) is 17.3 Å². The van der Waals surface area contributed by atoms with Gasteiger partial charge in [-0.2, -0.15) is 0 Å². The molecule has 0 aliphatic carbocycles. The molecule has 5 nitrogen and oxygen atoms in total. The number of carbonyl (C=O) groups is 1. The number of hydrogen-bond acceptors (Lipinski definition) is 4. The number of rotatable bonds is 4. The molecule has 0 saturated carbocycles. The van der Waals surface area contributed by atoms with E-state index in [1.807, 2.05) is 39.8 Å². The molecule has 2 heterocycles. The number of nitrogens with zero attached hydrogens (tertiary/aromatic N) is 1. The molecule has 3 aromatic rings. The Morgan fingerprint density at radius 2 is 1.93 bits per heavy atom. The van der Waals surface area contributed by atoms with Crippen LogP contribution in [-0.4, -0.2) is 26.6 Å². The van der Waals surface area contributed by atoms with Crippen LogP contribution in [0, 0.1) is 6.92 Å². The second kappa shape index (κ2) is 8.89. The number of hydrogen-bond donors (Lipinski definition) is 2. The quantitative estimate of drug-likeness (QED) is 0.460. The Hall–Kier alpha value is -2.56. The lowest BCUT2D eigenvalue weighted by molar-refractivity contribution is -0.154. The maximum atomic E-state index is 11.1. The van der Waals surface area contributed by atoms with E-state index in [2.05, 4.69) is 16.9 Å². The predicted molar refractivity (Wildman–Crippen MR) is 110 cm³/mol. The molecular formula is C22H30N2O3. The van der Waals surface area contributed by atoms with E-state index in [1.54, 1.807) is 18.3 Å². The predicted octanol–water partition coefficient (Wildman–Crippen LogP) is 5.64. The van der Waals surface area contributed by atoms with Crippen LogP contribution >= 0.6 is 0 Å². The highest BCUT2D eigenvalue weighted by atomic mass is 16.6. The summed E-state index contributed by atoms with van der Waals surface area (Å²) in [6.07, 6.45) is 5.57. The molecule has 5 heteroatoms. The van der Waals surface area contributed by atoms with Crippen LogP contribution in [0.3, 0.4) is 0 Å². The summed E-state index contributed by atoms with van der Waals surface area (Å²) in [5, 5.41) is 11.7. The fourth-order valence-electron chi connectivity index (χ4n) is 2.87. The zero-order valence-corrected chi connectivity index (χ0v) is 16.9. The molecule has 0 atom stereocenters. The van der Waals surface area contributed by atoms with Crippen LogP contribution in [0.2, 0.25) is 0 Å². The van der Waals surface area contributed by atoms with Gasteiger partial charge in [0.15, 0.2) is 0 Å². The zero-order chi connectivity index (χ0) is 20.0. The van der Waals surface area contributed by atoms with E-state index in [0.29, 0.717) is 6.42 Å². The fourth-order valence-corrected chi connectivity index (χ4v) is 2.87. The molecule has 0 saturated heterocycles. The summed E-state index contributed by atoms with van der Waals surface area (Å²) in [6.45, 7) is 9.77. The van der Waals surface area contributed by atoms with Crippen LogP contribution in [-0.2, 0) is 9.53 Å². The normalized spacial score (nSPS) is 11.3. The molecule has 27 heavy (non-hydrogen) atoms. The largest absolute Gasteiger partial charge is 0.508 e. The van der Waals surface area contributed by atoms with Crippen LogP contribution in [0.1, 0.15) is 59.1 Å². The number of nitrogens with one attached hydrogen (secondary N) is 1. The number of benzene rings is 1. The van der Waals surface area contributed by atoms with Gasteiger partial charge in [0.25, 0.3) is 0 Å². The first-order valence-electron chi connectivity index (χ1n) is 9.49. The number of carbonyl (C=O) groups excluding carboxylic acids is 1. The molecule has 1 aromatic carbocycles. The standard InChI is InChI=1S/C12H10N2O.C10H20O2/c1-7-12-10(4-5-13-7)9-3-2-8(15)6-11(9)14-12;1-5-6-7-8-9(11)12-10(2,3)4/h2-6,14-15H,1H3;5-8H2,1-4H3. The first-order valence-corrected chi connectivity index (χ1v) is 9.49. The van der Waals surface area contributed by atoms with Crippen molar-refractivity contribution in [3.8, 4) is 5.75 Å². The first-order chi connectivity index (χ1) is 12.7. The number of aromatic hydroxyl groups is 1. The molecule has 0 spiro atoms. The van der Waals surface area contributed by atoms with E-state index < -0.39 is 0 Å². The number of phenolic OH excluding ortho intramolecular Hbond substituents is 1. The summed E-state index contributed by atoms with van der Waals surface area (Å²) in [5.74, 6) is 0.204. The molecule has 0 fully saturated rings. The molecule has 0 bridgehead atoms. The third kappa shape index (κ3) is 5.98. The average molecular weight is 370 g/mol. The Labute approximate surface area is 160 Å². The van der Waals surface area contributed by atoms with Crippen molar-refractivity contribution in [2.75, 3.05) is 0 Å². The average Bonchev–Trinajstić information content (AvgIpc) is 2.93. The van der Waals surface area contributed by atoms with E-state index in [1.165, 1.54) is 0 Å². The third-order valence-electron chi connectivity index (χ3n) is 4.10. The summed E-state index contributed by atoms with van der Waals surface area (Å²) in [4.78, 5) is 18.6. The van der Waals surface area contributed by atoms with Crippen molar-refractivity contribution in [3.05, 3.63) is 36.2 Å². The van der Waals surface area contributed by atoms with Gasteiger partial charge < -0.3 is 14.8 Å². The fraction of sp³-hybridized carbons (Fsp3) is 0.455. The van der Waals surface area contributed by atoms with Gasteiger partial charge in [-0.1, -0.05) is 19.8 Å². The van der Waals surface area contributed by atoms with Crippen molar-refractivity contribution in [2.24, 2.45) is 0 Å². The number of phenols is 1. The van der Waals surface area contributed by atoms with Gasteiger partial charge in [0.05, 0.1) is 16.7 Å². The highest BCUT2D eigenvalue weighted by molar-refractivity contribution is 6.08. The molecule has 0 aliphatic heterocycles. The molecule has 0 unspecified atom stereocenters. The first kappa shape index (κ1) is 20.7. The van der Waals surface area contributed by atoms with Crippen molar-refractivity contribution in [2.45, 2.75) is 65.9 Å². The highest BCUT2D eigenvalue weighted by Gasteiger charge is 2.15. The van der Waals surface area contributed by atoms with Gasteiger partial charge in [-0.3, -0.25) is 9.78 Å². The number of pyridine rings is 1. The number of aryl methyl sites for hydroxylation is 1. The van der Waals surface area contributed by atoms with E-state index in [4.69, 9.17) is 4.74 Å². The van der Waals surface area contributed by atoms with Crippen molar-refractivity contribution < 1.29 is 14.6 Å². The number of aromatic nitrogens is 2. The van der Waals surface area contributed by atoms with E-state index in [9.17, 15) is 9.90 Å². The summed E-state index contributed by atoms with van der Waals surface area (Å²) in [5.41, 5.74) is 2.63. The summed E-state index contributed by atoms with van der Waals surface area (Å²) in [6, 6.07) is 7.33. The summed E-state index contributed by atoms with van der Waals surface area (Å²) < 4.78 is 5.15. The van der Waals surface area contributed by atoms with Crippen LogP contribution in [0.5, 0.6) is 5.75 Å². The summed E-state index contributed by atoms with van der Waals surface area (Å²) in [7, 11) is 0. The van der Waals surface area contributed by atoms with Crippen molar-refractivity contribution in [1.82, 2.24) is 9.97 Å². The van der Waals surface area contributed by atoms with Gasteiger partial charge in [-0.15, -0.1) is 0 Å². The Morgan fingerprint density at radius 1 is 1.19 bits per heavy atom. The van der Waals surface area contributed by atoms with E-state index in [0.717, 1.165) is 46.8 Å². The van der Waals surface area contributed by atoms with Gasteiger partial charge in [0.2, 0.25) is 0 Å². The molecule has 2 N–H and O–H groups in total. The molecule has 0 amide bonds. The monoisotopic (exact) mass is 370 g/mol. The molecule has 146 valence electrons. The molecule has 0 aliphatic rings. The zero-order valence-electron chi connectivity index (χ0n) is 16.9. The lowest BCUT2D eigenvalue weighted by Crippen LogP contribution is -2.23. The van der Waals surface area contributed by atoms with E-state index >= 15 is 0 Å². The molecule has 0 radical (unpaired) electrons. The number of aromatic amines is 1. The minimum Gasteiger partial charge on any atom is -0.508 e. The number of ether oxygens (including phenoxy) is 1.